The van der Waals surface area contributed by atoms with Gasteiger partial charge in [0.15, 0.2) is 0 Å². The first-order chi connectivity index (χ1) is 8.25. The highest BCUT2D eigenvalue weighted by Crippen LogP contribution is 2.22. The van der Waals surface area contributed by atoms with Gasteiger partial charge in [-0.2, -0.15) is 0 Å². The zero-order valence-corrected chi connectivity index (χ0v) is 12.3. The van der Waals surface area contributed by atoms with Gasteiger partial charge in [0.25, 0.3) is 0 Å². The number of rotatable bonds is 3. The van der Waals surface area contributed by atoms with Gasteiger partial charge in [-0.05, 0) is 12.5 Å². The van der Waals surface area contributed by atoms with Crippen LogP contribution in [0.25, 0.3) is 0 Å². The molecule has 0 bridgehead atoms. The van der Waals surface area contributed by atoms with E-state index in [9.17, 15) is 0 Å². The Bertz CT molecular complexity index is 293. The Morgan fingerprint density at radius 3 is 1.94 bits per heavy atom. The lowest BCUT2D eigenvalue weighted by atomic mass is 9.94. The normalized spacial score (nSPS) is 11.3. The largest absolute Gasteiger partial charge is 0.0991 e. The van der Waals surface area contributed by atoms with Crippen LogP contribution in [-0.4, -0.2) is 0 Å². The molecule has 0 N–H and O–H groups in total. The maximum atomic E-state index is 3.70. The zero-order chi connectivity index (χ0) is 13.7. The van der Waals surface area contributed by atoms with E-state index >= 15 is 0 Å². The van der Waals surface area contributed by atoms with Gasteiger partial charge >= 0.3 is 0 Å². The van der Waals surface area contributed by atoms with Crippen LogP contribution in [0.3, 0.4) is 0 Å². The van der Waals surface area contributed by atoms with E-state index in [2.05, 4.69) is 50.8 Å². The molecule has 0 aliphatic heterocycles. The monoisotopic (exact) mass is 232 g/mol. The smallest absolute Gasteiger partial charge is 0.00201 e. The average Bonchev–Trinajstić information content (AvgIpc) is 2.43. The van der Waals surface area contributed by atoms with Crippen molar-refractivity contribution >= 4 is 0 Å². The van der Waals surface area contributed by atoms with Crippen LogP contribution in [0.4, 0.5) is 0 Å². The van der Waals surface area contributed by atoms with E-state index in [4.69, 9.17) is 0 Å². The molecule has 17 heavy (non-hydrogen) atoms. The van der Waals surface area contributed by atoms with Crippen LogP contribution < -0.4 is 0 Å². The summed E-state index contributed by atoms with van der Waals surface area (Å²) in [6, 6.07) is 10.5. The number of hydrogen-bond acceptors (Lipinski definition) is 0. The Labute approximate surface area is 108 Å². The summed E-state index contributed by atoms with van der Waals surface area (Å²) in [5, 5.41) is 0. The molecule has 1 unspecified atom stereocenters. The maximum Gasteiger partial charge on any atom is 0.00201 e. The predicted molar refractivity (Wildman–Crippen MR) is 81.5 cm³/mol. The van der Waals surface area contributed by atoms with Gasteiger partial charge in [0.05, 0.1) is 0 Å². The SMILES string of the molecule is C=C/C=C(\C)C(C)c1ccccc1.CC.CC. The Kier molecular flexibility index (Phi) is 13.6. The number of hydrogen-bond donors (Lipinski definition) is 0. The Morgan fingerprint density at radius 1 is 1.06 bits per heavy atom. The molecule has 0 heterocycles. The van der Waals surface area contributed by atoms with E-state index in [0.717, 1.165) is 0 Å². The summed E-state index contributed by atoms with van der Waals surface area (Å²) in [4.78, 5) is 0. The predicted octanol–water partition coefficient (Wildman–Crippen LogP) is 5.97. The van der Waals surface area contributed by atoms with E-state index in [1.807, 2.05) is 39.8 Å². The molecule has 0 aliphatic carbocycles. The van der Waals surface area contributed by atoms with E-state index < -0.39 is 0 Å². The third-order valence-electron chi connectivity index (χ3n) is 2.36. The van der Waals surface area contributed by atoms with Crippen LogP contribution in [-0.2, 0) is 0 Å². The van der Waals surface area contributed by atoms with E-state index in [1.54, 1.807) is 0 Å². The summed E-state index contributed by atoms with van der Waals surface area (Å²) >= 11 is 0. The Balaban J connectivity index is 0. The maximum absolute atomic E-state index is 3.70. The summed E-state index contributed by atoms with van der Waals surface area (Å²) in [7, 11) is 0. The molecule has 1 aromatic carbocycles. The third kappa shape index (κ3) is 7.57. The molecule has 0 fully saturated rings. The fraction of sp³-hybridized carbons (Fsp3) is 0.412. The van der Waals surface area contributed by atoms with Crippen molar-refractivity contribution in [2.24, 2.45) is 0 Å². The van der Waals surface area contributed by atoms with Crippen LogP contribution in [0.1, 0.15) is 53.0 Å². The van der Waals surface area contributed by atoms with Crippen molar-refractivity contribution in [1.82, 2.24) is 0 Å². The van der Waals surface area contributed by atoms with Crippen LogP contribution in [0, 0.1) is 0 Å². The quantitative estimate of drug-likeness (QED) is 0.563. The second kappa shape index (κ2) is 12.8. The van der Waals surface area contributed by atoms with Crippen LogP contribution in [0.5, 0.6) is 0 Å². The molecule has 1 atom stereocenters. The van der Waals surface area contributed by atoms with Gasteiger partial charge in [-0.1, -0.05) is 89.3 Å². The summed E-state index contributed by atoms with van der Waals surface area (Å²) in [6.45, 7) is 16.1. The molecule has 0 saturated carbocycles. The third-order valence-corrected chi connectivity index (χ3v) is 2.36. The molecule has 1 aromatic rings. The van der Waals surface area contributed by atoms with Crippen molar-refractivity contribution in [2.75, 3.05) is 0 Å². The lowest BCUT2D eigenvalue weighted by Gasteiger charge is -2.11. The van der Waals surface area contributed by atoms with Gasteiger partial charge in [0, 0.05) is 5.92 Å². The van der Waals surface area contributed by atoms with Crippen LogP contribution in [0.2, 0.25) is 0 Å². The molecule has 96 valence electrons. The van der Waals surface area contributed by atoms with Gasteiger partial charge in [0.2, 0.25) is 0 Å². The molecule has 0 aliphatic rings. The summed E-state index contributed by atoms with van der Waals surface area (Å²) in [5.74, 6) is 0.485. The van der Waals surface area contributed by atoms with Crippen LogP contribution >= 0.6 is 0 Å². The Morgan fingerprint density at radius 2 is 1.53 bits per heavy atom. The first-order valence-corrected chi connectivity index (χ1v) is 6.60. The molecule has 0 saturated heterocycles. The minimum atomic E-state index is 0.485. The van der Waals surface area contributed by atoms with E-state index in [1.165, 1.54) is 11.1 Å². The van der Waals surface area contributed by atoms with Crippen molar-refractivity contribution in [2.45, 2.75) is 47.5 Å². The lowest BCUT2D eigenvalue weighted by molar-refractivity contribution is 0.894. The zero-order valence-electron chi connectivity index (χ0n) is 12.3. The van der Waals surface area contributed by atoms with Gasteiger partial charge in [-0.3, -0.25) is 0 Å². The number of allylic oxidation sites excluding steroid dienone is 3. The minimum absolute atomic E-state index is 0.485. The average molecular weight is 232 g/mol. The van der Waals surface area contributed by atoms with Crippen LogP contribution in [0.15, 0.2) is 54.6 Å². The van der Waals surface area contributed by atoms with E-state index in [-0.39, 0.29) is 0 Å². The molecule has 0 amide bonds. The standard InChI is InChI=1S/C13H16.2C2H6/c1-4-8-11(2)12(3)13-9-6-5-7-10-13;2*1-2/h4-10,12H,1H2,2-3H3;2*1-2H3/b11-8+;;. The van der Waals surface area contributed by atoms with Crippen molar-refractivity contribution < 1.29 is 0 Å². The molecule has 0 spiro atoms. The van der Waals surface area contributed by atoms with Crippen molar-refractivity contribution in [3.05, 3.63) is 60.2 Å². The molecular formula is C17H28. The number of benzene rings is 1. The molecule has 1 rings (SSSR count). The second-order valence-corrected chi connectivity index (χ2v) is 3.28. The molecule has 0 aromatic heterocycles. The topological polar surface area (TPSA) is 0 Å². The molecule has 0 nitrogen and oxygen atoms in total. The fourth-order valence-electron chi connectivity index (χ4n) is 1.33. The summed E-state index contributed by atoms with van der Waals surface area (Å²) in [6.07, 6.45) is 3.91. The fourth-order valence-corrected chi connectivity index (χ4v) is 1.33. The van der Waals surface area contributed by atoms with Gasteiger partial charge in [0.1, 0.15) is 0 Å². The Hall–Kier alpha value is -1.30. The van der Waals surface area contributed by atoms with Gasteiger partial charge < -0.3 is 0 Å². The highest BCUT2D eigenvalue weighted by molar-refractivity contribution is 5.28. The van der Waals surface area contributed by atoms with Gasteiger partial charge in [-0.15, -0.1) is 0 Å². The first-order valence-electron chi connectivity index (χ1n) is 6.60. The van der Waals surface area contributed by atoms with E-state index in [0.29, 0.717) is 5.92 Å². The first kappa shape index (κ1) is 18.1. The van der Waals surface area contributed by atoms with Gasteiger partial charge in [-0.25, -0.2) is 0 Å². The summed E-state index contributed by atoms with van der Waals surface area (Å²) < 4.78 is 0. The summed E-state index contributed by atoms with van der Waals surface area (Å²) in [5.41, 5.74) is 2.71. The van der Waals surface area contributed by atoms with Crippen molar-refractivity contribution in [3.63, 3.8) is 0 Å². The second-order valence-electron chi connectivity index (χ2n) is 3.28. The molecule has 0 radical (unpaired) electrons. The highest BCUT2D eigenvalue weighted by Gasteiger charge is 2.04. The minimum Gasteiger partial charge on any atom is -0.0991 e. The molecular weight excluding hydrogens is 204 g/mol. The highest BCUT2D eigenvalue weighted by atomic mass is 14.1. The van der Waals surface area contributed by atoms with Crippen molar-refractivity contribution in [3.8, 4) is 0 Å². The molecule has 0 heteroatoms. The van der Waals surface area contributed by atoms with Crippen molar-refractivity contribution in [1.29, 1.82) is 0 Å². The lowest BCUT2D eigenvalue weighted by Crippen LogP contribution is -1.93.